The fraction of sp³-hybridized carbons (Fsp3) is 0.143. The Morgan fingerprint density at radius 3 is 2.52 bits per heavy atom. The molecule has 0 fully saturated rings. The number of nitroso groups, excluding NO2 is 2. The molecule has 0 heterocycles. The molecule has 120 valence electrons. The molecule has 0 spiro atoms. The normalized spacial score (nSPS) is 10.4. The Kier molecular flexibility index (Phi) is 5.92. The maximum atomic E-state index is 13.4. The van der Waals surface area contributed by atoms with E-state index in [1.807, 2.05) is 0 Å². The fourth-order valence-corrected chi connectivity index (χ4v) is 3.51. The summed E-state index contributed by atoms with van der Waals surface area (Å²) in [4.78, 5) is 22.7. The van der Waals surface area contributed by atoms with Gasteiger partial charge in [-0.05, 0) is 40.2 Å². The van der Waals surface area contributed by atoms with Crippen molar-refractivity contribution in [2.45, 2.75) is 15.7 Å². The first-order valence-electron chi connectivity index (χ1n) is 6.14. The maximum absolute atomic E-state index is 13.4. The fourth-order valence-electron chi connectivity index (χ4n) is 1.89. The number of hydrogen-bond donors (Lipinski definition) is 0. The topological polar surface area (TPSA) is 68.1 Å². The molecule has 0 amide bonds. The molecule has 0 aliphatic carbocycles. The second-order valence-corrected chi connectivity index (χ2v) is 6.05. The van der Waals surface area contributed by atoms with Crippen LogP contribution in [0.3, 0.4) is 0 Å². The third-order valence-electron chi connectivity index (χ3n) is 2.89. The molecule has 0 N–H and O–H groups in total. The molecule has 2 aromatic rings. The molecule has 0 saturated heterocycles. The van der Waals surface area contributed by atoms with E-state index < -0.39 is 5.82 Å². The summed E-state index contributed by atoms with van der Waals surface area (Å²) in [7, 11) is 1.34. The highest BCUT2D eigenvalue weighted by atomic mass is 35.5. The number of ether oxygens (including phenoxy) is 1. The first-order chi connectivity index (χ1) is 11.0. The average Bonchev–Trinajstić information content (AvgIpc) is 2.55. The summed E-state index contributed by atoms with van der Waals surface area (Å²) < 4.78 is 18.4. The molecule has 0 atom stereocenters. The molecule has 0 aliphatic heterocycles. The van der Waals surface area contributed by atoms with Crippen LogP contribution in [0, 0.1) is 15.6 Å². The standard InChI is InChI=1S/C14H9Cl2FN2O3S/c1-22-12-5-9(4-11(18-20)13(12)19-21)23-14-7(6-15)2-8(17)3-10(14)16/h2-5H,6H2,1H3. The van der Waals surface area contributed by atoms with Crippen LogP contribution in [0.1, 0.15) is 5.56 Å². The summed E-state index contributed by atoms with van der Waals surface area (Å²) in [6.07, 6.45) is 0. The summed E-state index contributed by atoms with van der Waals surface area (Å²) in [5.74, 6) is -0.336. The Labute approximate surface area is 145 Å². The molecule has 2 aromatic carbocycles. The van der Waals surface area contributed by atoms with E-state index in [9.17, 15) is 14.2 Å². The van der Waals surface area contributed by atoms with Gasteiger partial charge in [-0.2, -0.15) is 0 Å². The molecule has 0 saturated carbocycles. The van der Waals surface area contributed by atoms with Crippen molar-refractivity contribution in [2.24, 2.45) is 10.4 Å². The number of benzene rings is 2. The lowest BCUT2D eigenvalue weighted by atomic mass is 10.2. The van der Waals surface area contributed by atoms with Crippen LogP contribution >= 0.6 is 35.0 Å². The van der Waals surface area contributed by atoms with E-state index >= 15 is 0 Å². The third-order valence-corrected chi connectivity index (χ3v) is 4.74. The minimum absolute atomic E-state index is 0.0592. The zero-order chi connectivity index (χ0) is 17.0. The molecular formula is C14H9Cl2FN2O3S. The third kappa shape index (κ3) is 3.80. The van der Waals surface area contributed by atoms with Crippen molar-refractivity contribution in [3.05, 3.63) is 50.5 Å². The lowest BCUT2D eigenvalue weighted by Gasteiger charge is -2.11. The molecular weight excluding hydrogens is 366 g/mol. The lowest BCUT2D eigenvalue weighted by molar-refractivity contribution is 0.415. The van der Waals surface area contributed by atoms with E-state index in [0.29, 0.717) is 15.4 Å². The van der Waals surface area contributed by atoms with E-state index in [4.69, 9.17) is 27.9 Å². The highest BCUT2D eigenvalue weighted by Gasteiger charge is 2.17. The van der Waals surface area contributed by atoms with Crippen LogP contribution in [0.5, 0.6) is 5.75 Å². The van der Waals surface area contributed by atoms with Crippen molar-refractivity contribution >= 4 is 46.3 Å². The Balaban J connectivity index is 2.53. The Hall–Kier alpha value is -1.70. The van der Waals surface area contributed by atoms with Crippen molar-refractivity contribution in [3.63, 3.8) is 0 Å². The van der Waals surface area contributed by atoms with Crippen LogP contribution in [-0.4, -0.2) is 7.11 Å². The molecule has 0 bridgehead atoms. The first-order valence-corrected chi connectivity index (χ1v) is 7.87. The minimum Gasteiger partial charge on any atom is -0.494 e. The number of hydrogen-bond acceptors (Lipinski definition) is 6. The van der Waals surface area contributed by atoms with E-state index in [1.165, 1.54) is 25.3 Å². The van der Waals surface area contributed by atoms with Gasteiger partial charge in [0.1, 0.15) is 11.5 Å². The molecule has 0 aliphatic rings. The smallest absolute Gasteiger partial charge is 0.179 e. The van der Waals surface area contributed by atoms with Crippen molar-refractivity contribution in [3.8, 4) is 5.75 Å². The molecule has 0 aromatic heterocycles. The number of nitrogens with zero attached hydrogens (tertiary/aromatic N) is 2. The SMILES string of the molecule is COc1cc(Sc2c(Cl)cc(F)cc2CCl)cc(N=O)c1N=O. The predicted octanol–water partition coefficient (Wildman–Crippen LogP) is 6.17. The Morgan fingerprint density at radius 2 is 1.96 bits per heavy atom. The van der Waals surface area contributed by atoms with Gasteiger partial charge in [-0.25, -0.2) is 4.39 Å². The predicted molar refractivity (Wildman–Crippen MR) is 89.0 cm³/mol. The summed E-state index contributed by atoms with van der Waals surface area (Å²) in [6, 6.07) is 5.32. The molecule has 0 radical (unpaired) electrons. The average molecular weight is 375 g/mol. The second kappa shape index (κ2) is 7.72. The zero-order valence-corrected chi connectivity index (χ0v) is 14.0. The zero-order valence-electron chi connectivity index (χ0n) is 11.7. The van der Waals surface area contributed by atoms with Gasteiger partial charge in [-0.3, -0.25) is 0 Å². The van der Waals surface area contributed by atoms with Gasteiger partial charge in [0, 0.05) is 15.7 Å². The lowest BCUT2D eigenvalue weighted by Crippen LogP contribution is -1.90. The van der Waals surface area contributed by atoms with Gasteiger partial charge in [0.05, 0.1) is 12.1 Å². The number of rotatable bonds is 6. The number of methoxy groups -OCH3 is 1. The van der Waals surface area contributed by atoms with Crippen LogP contribution in [0.25, 0.3) is 0 Å². The number of alkyl halides is 1. The van der Waals surface area contributed by atoms with Gasteiger partial charge >= 0.3 is 0 Å². The Bertz CT molecular complexity index is 774. The second-order valence-electron chi connectivity index (χ2n) is 4.29. The molecule has 5 nitrogen and oxygen atoms in total. The highest BCUT2D eigenvalue weighted by molar-refractivity contribution is 7.99. The first kappa shape index (κ1) is 17.7. The van der Waals surface area contributed by atoms with Gasteiger partial charge in [0.15, 0.2) is 11.4 Å². The van der Waals surface area contributed by atoms with Crippen molar-refractivity contribution in [1.82, 2.24) is 0 Å². The monoisotopic (exact) mass is 374 g/mol. The quantitative estimate of drug-likeness (QED) is 0.447. The van der Waals surface area contributed by atoms with Gasteiger partial charge in [0.2, 0.25) is 0 Å². The van der Waals surface area contributed by atoms with E-state index in [0.717, 1.165) is 17.8 Å². The van der Waals surface area contributed by atoms with Gasteiger partial charge < -0.3 is 4.74 Å². The Morgan fingerprint density at radius 1 is 1.22 bits per heavy atom. The van der Waals surface area contributed by atoms with E-state index in [1.54, 1.807) is 0 Å². The molecule has 23 heavy (non-hydrogen) atoms. The van der Waals surface area contributed by atoms with Crippen molar-refractivity contribution in [1.29, 1.82) is 0 Å². The molecule has 0 unspecified atom stereocenters. The van der Waals surface area contributed by atoms with Crippen molar-refractivity contribution < 1.29 is 9.13 Å². The molecule has 9 heteroatoms. The van der Waals surface area contributed by atoms with Gasteiger partial charge in [0.25, 0.3) is 0 Å². The largest absolute Gasteiger partial charge is 0.494 e. The van der Waals surface area contributed by atoms with Gasteiger partial charge in [-0.1, -0.05) is 23.4 Å². The summed E-state index contributed by atoms with van der Waals surface area (Å²) in [5.41, 5.74) is 0.154. The highest BCUT2D eigenvalue weighted by Crippen LogP contribution is 2.45. The van der Waals surface area contributed by atoms with Crippen LogP contribution in [0.4, 0.5) is 15.8 Å². The van der Waals surface area contributed by atoms with E-state index in [2.05, 4.69) is 10.4 Å². The maximum Gasteiger partial charge on any atom is 0.179 e. The summed E-state index contributed by atoms with van der Waals surface area (Å²) in [6.45, 7) is 0. The van der Waals surface area contributed by atoms with Crippen LogP contribution in [0.15, 0.2) is 44.4 Å². The van der Waals surface area contributed by atoms with E-state index in [-0.39, 0.29) is 28.0 Å². The summed E-state index contributed by atoms with van der Waals surface area (Å²) >= 11 is 13.0. The summed E-state index contributed by atoms with van der Waals surface area (Å²) in [5, 5.41) is 5.71. The minimum atomic E-state index is -0.497. The van der Waals surface area contributed by atoms with Crippen LogP contribution in [0.2, 0.25) is 5.02 Å². The van der Waals surface area contributed by atoms with Crippen LogP contribution < -0.4 is 4.74 Å². The number of halogens is 3. The van der Waals surface area contributed by atoms with Gasteiger partial charge in [-0.15, -0.1) is 21.4 Å². The molecule has 2 rings (SSSR count). The van der Waals surface area contributed by atoms with Crippen LogP contribution in [-0.2, 0) is 5.88 Å². The van der Waals surface area contributed by atoms with Crippen molar-refractivity contribution in [2.75, 3.05) is 7.11 Å².